The molecule has 0 fully saturated rings. The molecule has 0 aliphatic rings. The predicted octanol–water partition coefficient (Wildman–Crippen LogP) is 3.87. The van der Waals surface area contributed by atoms with Crippen molar-refractivity contribution in [3.63, 3.8) is 0 Å². The fraction of sp³-hybridized carbons (Fsp3) is 0. The monoisotopic (exact) mass is 322 g/mol. The van der Waals surface area contributed by atoms with Crippen LogP contribution >= 0.6 is 15.9 Å². The van der Waals surface area contributed by atoms with Gasteiger partial charge in [-0.3, -0.25) is 10.1 Å². The second-order valence-corrected chi connectivity index (χ2v) is 4.33. The first kappa shape index (κ1) is 13.1. The maximum absolute atomic E-state index is 10.5. The topological polar surface area (TPSA) is 101 Å². The van der Waals surface area contributed by atoms with Crippen LogP contribution < -0.4 is 0 Å². The normalized spacial score (nSPS) is 10.8. The lowest BCUT2D eigenvalue weighted by atomic mass is 10.3. The van der Waals surface area contributed by atoms with Gasteiger partial charge in [-0.1, -0.05) is 0 Å². The number of nitrogens with zero attached hydrogens (tertiary/aromatic N) is 4. The summed E-state index contributed by atoms with van der Waals surface area (Å²) in [5.74, 6) is 0.317. The minimum Gasteiger partial charge on any atom is -0.506 e. The molecule has 0 amide bonds. The Hall–Kier alpha value is -2.35. The second kappa shape index (κ2) is 5.53. The molecule has 1 heterocycles. The molecule has 0 aliphatic heterocycles. The van der Waals surface area contributed by atoms with Gasteiger partial charge in [0, 0.05) is 12.1 Å². The molecule has 0 radical (unpaired) electrons. The van der Waals surface area contributed by atoms with Crippen molar-refractivity contribution in [1.82, 2.24) is 4.98 Å². The maximum Gasteiger partial charge on any atom is 0.269 e. The SMILES string of the molecule is O=[N+]([O-])c1ccc(N=Nc2ncc(O)cc2Br)cc1. The minimum atomic E-state index is -0.487. The molecule has 0 spiro atoms. The Balaban J connectivity index is 2.20. The van der Waals surface area contributed by atoms with Crippen LogP contribution in [-0.2, 0) is 0 Å². The van der Waals surface area contributed by atoms with Gasteiger partial charge in [0.1, 0.15) is 5.75 Å². The smallest absolute Gasteiger partial charge is 0.269 e. The minimum absolute atomic E-state index is 0.0112. The van der Waals surface area contributed by atoms with Crippen LogP contribution in [0.5, 0.6) is 5.75 Å². The van der Waals surface area contributed by atoms with E-state index >= 15 is 0 Å². The summed E-state index contributed by atoms with van der Waals surface area (Å²) in [7, 11) is 0. The average Bonchev–Trinajstić information content (AvgIpc) is 2.38. The number of aromatic nitrogens is 1. The zero-order valence-electron chi connectivity index (χ0n) is 9.39. The summed E-state index contributed by atoms with van der Waals surface area (Å²) in [6.45, 7) is 0. The van der Waals surface area contributed by atoms with Crippen molar-refractivity contribution in [3.8, 4) is 5.75 Å². The molecular formula is C11H7BrN4O3. The lowest BCUT2D eigenvalue weighted by Gasteiger charge is -1.97. The van der Waals surface area contributed by atoms with E-state index in [1.807, 2.05) is 0 Å². The lowest BCUT2D eigenvalue weighted by molar-refractivity contribution is -0.384. The number of aromatic hydroxyl groups is 1. The van der Waals surface area contributed by atoms with E-state index in [-0.39, 0.29) is 11.4 Å². The van der Waals surface area contributed by atoms with Gasteiger partial charge in [-0.2, -0.15) is 0 Å². The molecule has 0 saturated carbocycles. The van der Waals surface area contributed by atoms with Crippen LogP contribution in [0.4, 0.5) is 17.2 Å². The van der Waals surface area contributed by atoms with Crippen molar-refractivity contribution in [3.05, 3.63) is 51.1 Å². The molecule has 1 aromatic heterocycles. The van der Waals surface area contributed by atoms with Crippen molar-refractivity contribution in [2.45, 2.75) is 0 Å². The van der Waals surface area contributed by atoms with E-state index in [0.29, 0.717) is 16.0 Å². The van der Waals surface area contributed by atoms with Crippen LogP contribution in [0.2, 0.25) is 0 Å². The van der Waals surface area contributed by atoms with E-state index in [9.17, 15) is 15.2 Å². The van der Waals surface area contributed by atoms with Gasteiger partial charge in [0.05, 0.1) is 21.3 Å². The van der Waals surface area contributed by atoms with Crippen LogP contribution in [0.3, 0.4) is 0 Å². The number of nitro groups is 1. The Bertz CT molecular complexity index is 643. The van der Waals surface area contributed by atoms with E-state index in [4.69, 9.17) is 0 Å². The van der Waals surface area contributed by atoms with Crippen LogP contribution in [-0.4, -0.2) is 15.0 Å². The highest BCUT2D eigenvalue weighted by Gasteiger charge is 2.04. The number of pyridine rings is 1. The van der Waals surface area contributed by atoms with Gasteiger partial charge < -0.3 is 5.11 Å². The molecule has 8 heteroatoms. The van der Waals surface area contributed by atoms with Gasteiger partial charge in [-0.05, 0) is 34.1 Å². The summed E-state index contributed by atoms with van der Waals surface area (Å²) in [5, 5.41) is 27.4. The Kier molecular flexibility index (Phi) is 3.81. The van der Waals surface area contributed by atoms with Crippen LogP contribution in [0.1, 0.15) is 0 Å². The summed E-state index contributed by atoms with van der Waals surface area (Å²) < 4.78 is 0.498. The third-order valence-corrected chi connectivity index (χ3v) is 2.71. The first-order chi connectivity index (χ1) is 9.06. The molecule has 0 aliphatic carbocycles. The third-order valence-electron chi connectivity index (χ3n) is 2.13. The Morgan fingerprint density at radius 2 is 1.95 bits per heavy atom. The van der Waals surface area contributed by atoms with E-state index in [1.54, 1.807) is 0 Å². The quantitative estimate of drug-likeness (QED) is 0.526. The van der Waals surface area contributed by atoms with Gasteiger partial charge in [-0.25, -0.2) is 4.98 Å². The molecule has 1 aromatic carbocycles. The van der Waals surface area contributed by atoms with Crippen molar-refractivity contribution >= 4 is 33.1 Å². The summed E-state index contributed by atoms with van der Waals surface area (Å²) >= 11 is 3.19. The Morgan fingerprint density at radius 1 is 1.26 bits per heavy atom. The van der Waals surface area contributed by atoms with E-state index < -0.39 is 4.92 Å². The fourth-order valence-electron chi connectivity index (χ4n) is 1.24. The molecule has 19 heavy (non-hydrogen) atoms. The van der Waals surface area contributed by atoms with E-state index in [1.165, 1.54) is 36.5 Å². The van der Waals surface area contributed by atoms with Gasteiger partial charge in [0.25, 0.3) is 5.69 Å². The van der Waals surface area contributed by atoms with E-state index in [0.717, 1.165) is 0 Å². The largest absolute Gasteiger partial charge is 0.506 e. The van der Waals surface area contributed by atoms with Crippen molar-refractivity contribution in [2.24, 2.45) is 10.2 Å². The zero-order chi connectivity index (χ0) is 13.8. The summed E-state index contributed by atoms with van der Waals surface area (Å²) in [6, 6.07) is 7.09. The Morgan fingerprint density at radius 3 is 2.53 bits per heavy atom. The fourth-order valence-corrected chi connectivity index (χ4v) is 1.66. The number of nitro benzene ring substituents is 1. The number of azo groups is 1. The molecule has 0 atom stereocenters. The molecule has 2 aromatic rings. The first-order valence-corrected chi connectivity index (χ1v) is 5.86. The number of halogens is 1. The molecule has 96 valence electrons. The summed E-state index contributed by atoms with van der Waals surface area (Å²) in [4.78, 5) is 13.9. The van der Waals surface area contributed by atoms with Crippen molar-refractivity contribution in [2.75, 3.05) is 0 Å². The molecule has 2 rings (SSSR count). The van der Waals surface area contributed by atoms with Crippen molar-refractivity contribution in [1.29, 1.82) is 0 Å². The average molecular weight is 323 g/mol. The molecular weight excluding hydrogens is 316 g/mol. The number of hydrogen-bond donors (Lipinski definition) is 1. The van der Waals surface area contributed by atoms with Gasteiger partial charge in [0.2, 0.25) is 0 Å². The standard InChI is InChI=1S/C11H7BrN4O3/c12-10-5-9(17)6-13-11(10)15-14-7-1-3-8(4-2-7)16(18)19/h1-6,17H. The highest BCUT2D eigenvalue weighted by molar-refractivity contribution is 9.10. The van der Waals surface area contributed by atoms with Gasteiger partial charge in [-0.15, -0.1) is 10.2 Å². The van der Waals surface area contributed by atoms with Gasteiger partial charge in [0.15, 0.2) is 5.82 Å². The third kappa shape index (κ3) is 3.32. The molecule has 7 nitrogen and oxygen atoms in total. The first-order valence-electron chi connectivity index (χ1n) is 5.07. The molecule has 1 N–H and O–H groups in total. The highest BCUT2D eigenvalue weighted by atomic mass is 79.9. The number of rotatable bonds is 3. The predicted molar refractivity (Wildman–Crippen MR) is 70.9 cm³/mol. The second-order valence-electron chi connectivity index (χ2n) is 3.47. The summed E-state index contributed by atoms with van der Waals surface area (Å²) in [6.07, 6.45) is 1.24. The lowest BCUT2D eigenvalue weighted by Crippen LogP contribution is -1.85. The van der Waals surface area contributed by atoms with Crippen molar-refractivity contribution < 1.29 is 10.0 Å². The summed E-state index contributed by atoms with van der Waals surface area (Å²) in [5.41, 5.74) is 0.454. The highest BCUT2D eigenvalue weighted by Crippen LogP contribution is 2.28. The molecule has 0 unspecified atom stereocenters. The zero-order valence-corrected chi connectivity index (χ0v) is 11.0. The molecule has 0 bridgehead atoms. The van der Waals surface area contributed by atoms with E-state index in [2.05, 4.69) is 31.1 Å². The van der Waals surface area contributed by atoms with Crippen LogP contribution in [0.25, 0.3) is 0 Å². The number of hydrogen-bond acceptors (Lipinski definition) is 6. The van der Waals surface area contributed by atoms with Crippen LogP contribution in [0, 0.1) is 10.1 Å². The van der Waals surface area contributed by atoms with Gasteiger partial charge >= 0.3 is 0 Å². The van der Waals surface area contributed by atoms with Crippen LogP contribution in [0.15, 0.2) is 51.2 Å². The molecule has 0 saturated heterocycles. The Labute approximate surface area is 115 Å². The number of benzene rings is 1. The number of non-ortho nitro benzene ring substituents is 1. The maximum atomic E-state index is 10.5.